The highest BCUT2D eigenvalue weighted by Crippen LogP contribution is 2.24. The topological polar surface area (TPSA) is 58.6 Å². The van der Waals surface area contributed by atoms with Crippen molar-refractivity contribution in [3.05, 3.63) is 51.8 Å². The molecule has 1 saturated heterocycles. The number of hydrogen-bond donors (Lipinski definition) is 0. The number of morpholine rings is 1. The van der Waals surface area contributed by atoms with Gasteiger partial charge in [0.2, 0.25) is 11.9 Å². The zero-order chi connectivity index (χ0) is 17.9. The minimum Gasteiger partial charge on any atom is -0.378 e. The number of nitrogens with zero attached hydrogens (tertiary/aromatic N) is 4. The lowest BCUT2D eigenvalue weighted by atomic mass is 10.1. The van der Waals surface area contributed by atoms with Crippen molar-refractivity contribution in [3.8, 4) is 0 Å². The minimum atomic E-state index is 0.159. The summed E-state index contributed by atoms with van der Waals surface area (Å²) >= 11 is 3.54. The average molecular weight is 417 g/mol. The second-order valence-corrected chi connectivity index (χ2v) is 7.44. The summed E-state index contributed by atoms with van der Waals surface area (Å²) in [7, 11) is 0. The van der Waals surface area contributed by atoms with E-state index in [0.29, 0.717) is 32.7 Å². The number of rotatable bonds is 4. The number of aryl methyl sites for hydroxylation is 1. The highest BCUT2D eigenvalue weighted by molar-refractivity contribution is 9.10. The van der Waals surface area contributed by atoms with Gasteiger partial charge in [0.25, 0.3) is 0 Å². The van der Waals surface area contributed by atoms with Crippen LogP contribution in [-0.4, -0.2) is 47.1 Å². The Morgan fingerprint density at radius 3 is 2.81 bits per heavy atom. The maximum Gasteiger partial charge on any atom is 0.225 e. The summed E-state index contributed by atoms with van der Waals surface area (Å²) in [5, 5.41) is 0. The molecule has 3 heterocycles. The van der Waals surface area contributed by atoms with Crippen molar-refractivity contribution in [1.82, 2.24) is 14.9 Å². The molecule has 2 aliphatic rings. The molecule has 1 aromatic heterocycles. The molecule has 2 aliphatic heterocycles. The maximum atomic E-state index is 12.6. The minimum absolute atomic E-state index is 0.159. The third kappa shape index (κ3) is 3.73. The average Bonchev–Trinajstić information content (AvgIpc) is 3.11. The van der Waals surface area contributed by atoms with Crippen LogP contribution >= 0.6 is 15.9 Å². The number of benzene rings is 1. The van der Waals surface area contributed by atoms with E-state index in [2.05, 4.69) is 31.9 Å². The summed E-state index contributed by atoms with van der Waals surface area (Å²) in [6, 6.07) is 8.04. The van der Waals surface area contributed by atoms with Crippen molar-refractivity contribution in [2.45, 2.75) is 25.9 Å². The van der Waals surface area contributed by atoms with Crippen LogP contribution in [0.15, 0.2) is 34.9 Å². The number of fused-ring (bicyclic) bond motifs is 1. The first-order chi connectivity index (χ1) is 12.7. The molecule has 0 spiro atoms. The van der Waals surface area contributed by atoms with Crippen molar-refractivity contribution in [2.24, 2.45) is 0 Å². The normalized spacial score (nSPS) is 16.7. The predicted molar refractivity (Wildman–Crippen MR) is 102 cm³/mol. The zero-order valence-electron chi connectivity index (χ0n) is 14.5. The van der Waals surface area contributed by atoms with E-state index in [9.17, 15) is 4.79 Å². The number of carbonyl (C=O) groups is 1. The fourth-order valence-corrected chi connectivity index (χ4v) is 3.82. The van der Waals surface area contributed by atoms with Crippen LogP contribution in [0.3, 0.4) is 0 Å². The summed E-state index contributed by atoms with van der Waals surface area (Å²) in [4.78, 5) is 25.8. The van der Waals surface area contributed by atoms with Gasteiger partial charge >= 0.3 is 0 Å². The van der Waals surface area contributed by atoms with Crippen molar-refractivity contribution in [3.63, 3.8) is 0 Å². The molecule has 26 heavy (non-hydrogen) atoms. The Labute approximate surface area is 161 Å². The van der Waals surface area contributed by atoms with Crippen LogP contribution in [0.1, 0.15) is 23.2 Å². The van der Waals surface area contributed by atoms with Crippen LogP contribution in [0.25, 0.3) is 0 Å². The monoisotopic (exact) mass is 416 g/mol. The van der Waals surface area contributed by atoms with Crippen LogP contribution in [0.4, 0.5) is 5.95 Å². The van der Waals surface area contributed by atoms with E-state index >= 15 is 0 Å². The Balaban J connectivity index is 1.38. The van der Waals surface area contributed by atoms with E-state index in [1.165, 1.54) is 0 Å². The van der Waals surface area contributed by atoms with Gasteiger partial charge in [-0.25, -0.2) is 9.97 Å². The van der Waals surface area contributed by atoms with E-state index in [0.717, 1.165) is 46.8 Å². The molecule has 0 N–H and O–H groups in total. The molecule has 4 rings (SSSR count). The van der Waals surface area contributed by atoms with Crippen molar-refractivity contribution < 1.29 is 9.53 Å². The van der Waals surface area contributed by atoms with Gasteiger partial charge in [0.05, 0.1) is 25.5 Å². The molecular formula is C19H21BrN4O2. The van der Waals surface area contributed by atoms with Gasteiger partial charge in [0, 0.05) is 42.3 Å². The molecule has 1 amide bonds. The highest BCUT2D eigenvalue weighted by atomic mass is 79.9. The Morgan fingerprint density at radius 2 is 2.00 bits per heavy atom. The largest absolute Gasteiger partial charge is 0.378 e. The van der Waals surface area contributed by atoms with Gasteiger partial charge in [-0.05, 0) is 18.1 Å². The second-order valence-electron chi connectivity index (χ2n) is 6.58. The molecule has 0 radical (unpaired) electrons. The number of aromatic nitrogens is 2. The number of ether oxygens (including phenoxy) is 1. The van der Waals surface area contributed by atoms with Gasteiger partial charge < -0.3 is 14.5 Å². The Bertz CT molecular complexity index is 808. The summed E-state index contributed by atoms with van der Waals surface area (Å²) in [5.41, 5.74) is 3.18. The van der Waals surface area contributed by atoms with Crippen molar-refractivity contribution in [1.29, 1.82) is 0 Å². The van der Waals surface area contributed by atoms with Gasteiger partial charge in [-0.1, -0.05) is 34.1 Å². The van der Waals surface area contributed by atoms with E-state index in [4.69, 9.17) is 9.72 Å². The molecule has 2 aromatic rings. The lowest BCUT2D eigenvalue weighted by Gasteiger charge is -2.26. The SMILES string of the molecule is O=C(CCc1ccccc1Br)N1Cc2cnc(N3CCOCC3)nc2C1. The van der Waals surface area contributed by atoms with Gasteiger partial charge in [0.1, 0.15) is 0 Å². The second kappa shape index (κ2) is 7.72. The molecule has 6 nitrogen and oxygen atoms in total. The third-order valence-electron chi connectivity index (χ3n) is 4.86. The summed E-state index contributed by atoms with van der Waals surface area (Å²) < 4.78 is 6.43. The van der Waals surface area contributed by atoms with Gasteiger partial charge in [-0.3, -0.25) is 4.79 Å². The zero-order valence-corrected chi connectivity index (χ0v) is 16.1. The van der Waals surface area contributed by atoms with Crippen LogP contribution in [0.5, 0.6) is 0 Å². The molecule has 0 atom stereocenters. The molecule has 0 bridgehead atoms. The Kier molecular flexibility index (Phi) is 5.17. The third-order valence-corrected chi connectivity index (χ3v) is 5.63. The fraction of sp³-hybridized carbons (Fsp3) is 0.421. The Morgan fingerprint density at radius 1 is 1.19 bits per heavy atom. The fourth-order valence-electron chi connectivity index (χ4n) is 3.34. The first kappa shape index (κ1) is 17.4. The molecule has 1 aromatic carbocycles. The molecule has 136 valence electrons. The maximum absolute atomic E-state index is 12.6. The molecule has 0 unspecified atom stereocenters. The van der Waals surface area contributed by atoms with Crippen LogP contribution in [-0.2, 0) is 29.0 Å². The van der Waals surface area contributed by atoms with Crippen LogP contribution in [0, 0.1) is 0 Å². The summed E-state index contributed by atoms with van der Waals surface area (Å²) in [5.74, 6) is 0.904. The molecular weight excluding hydrogens is 396 g/mol. The number of carbonyl (C=O) groups excluding carboxylic acids is 1. The Hall–Kier alpha value is -1.99. The molecule has 0 saturated carbocycles. The number of halogens is 1. The van der Waals surface area contributed by atoms with Gasteiger partial charge in [-0.2, -0.15) is 0 Å². The van der Waals surface area contributed by atoms with E-state index in [-0.39, 0.29) is 5.91 Å². The number of anilines is 1. The van der Waals surface area contributed by atoms with E-state index < -0.39 is 0 Å². The number of amides is 1. The van der Waals surface area contributed by atoms with Crippen LogP contribution < -0.4 is 4.90 Å². The van der Waals surface area contributed by atoms with Crippen molar-refractivity contribution >= 4 is 27.8 Å². The molecule has 1 fully saturated rings. The highest BCUT2D eigenvalue weighted by Gasteiger charge is 2.26. The standard InChI is InChI=1S/C19H21BrN4O2/c20-16-4-2-1-3-14(16)5-6-18(25)24-12-15-11-21-19(22-17(15)13-24)23-7-9-26-10-8-23/h1-4,11H,5-10,12-13H2. The summed E-state index contributed by atoms with van der Waals surface area (Å²) in [6.45, 7) is 4.22. The van der Waals surface area contributed by atoms with E-state index in [1.54, 1.807) is 0 Å². The first-order valence-corrected chi connectivity index (χ1v) is 9.68. The van der Waals surface area contributed by atoms with Gasteiger partial charge in [-0.15, -0.1) is 0 Å². The summed E-state index contributed by atoms with van der Waals surface area (Å²) in [6.07, 6.45) is 3.10. The smallest absolute Gasteiger partial charge is 0.225 e. The van der Waals surface area contributed by atoms with Crippen molar-refractivity contribution in [2.75, 3.05) is 31.2 Å². The predicted octanol–water partition coefficient (Wildman–Crippen LogP) is 2.55. The molecule has 7 heteroatoms. The van der Waals surface area contributed by atoms with E-state index in [1.807, 2.05) is 29.3 Å². The molecule has 0 aliphatic carbocycles. The lowest BCUT2D eigenvalue weighted by molar-refractivity contribution is -0.131. The van der Waals surface area contributed by atoms with Gasteiger partial charge in [0.15, 0.2) is 0 Å². The van der Waals surface area contributed by atoms with Crippen LogP contribution in [0.2, 0.25) is 0 Å². The first-order valence-electron chi connectivity index (χ1n) is 8.89. The lowest BCUT2D eigenvalue weighted by Crippen LogP contribution is -2.37. The quantitative estimate of drug-likeness (QED) is 0.766. The number of hydrogen-bond acceptors (Lipinski definition) is 5.